The Labute approximate surface area is 215 Å². The van der Waals surface area contributed by atoms with Crippen molar-refractivity contribution in [3.8, 4) is 17.2 Å². The number of hydrogen-bond acceptors (Lipinski definition) is 7. The van der Waals surface area contributed by atoms with Crippen molar-refractivity contribution in [3.05, 3.63) is 53.6 Å². The molecule has 0 aliphatic carbocycles. The van der Waals surface area contributed by atoms with Gasteiger partial charge in [0.2, 0.25) is 6.10 Å². The Kier molecular flexibility index (Phi) is 5.49. The van der Waals surface area contributed by atoms with E-state index in [2.05, 4.69) is 11.0 Å². The molecule has 4 aliphatic heterocycles. The van der Waals surface area contributed by atoms with Crippen LogP contribution in [0.25, 0.3) is 5.57 Å². The fourth-order valence-corrected chi connectivity index (χ4v) is 5.66. The molecule has 0 N–H and O–H groups in total. The van der Waals surface area contributed by atoms with Crippen LogP contribution in [-0.4, -0.2) is 85.5 Å². The molecule has 9 heteroatoms. The number of anilines is 1. The minimum absolute atomic E-state index is 0.0644. The number of carbonyl (C=O) groups excluding carboxylic acids is 3. The van der Waals surface area contributed by atoms with Crippen molar-refractivity contribution >= 4 is 28.9 Å². The SMILES string of the molecule is COc1cc2c3c(c1)C(CN1CCN(C(=O)[C@H]4COc5ccccc5O4)CC1)=CC(C)(C)N3C(=O)C2=O. The summed E-state index contributed by atoms with van der Waals surface area (Å²) in [7, 11) is 1.56. The monoisotopic (exact) mass is 503 g/mol. The van der Waals surface area contributed by atoms with Crippen LogP contribution in [0.1, 0.15) is 29.8 Å². The van der Waals surface area contributed by atoms with E-state index in [1.807, 2.05) is 49.1 Å². The Morgan fingerprint density at radius 1 is 1.05 bits per heavy atom. The Hall–Kier alpha value is -3.85. The number of methoxy groups -OCH3 is 1. The van der Waals surface area contributed by atoms with Crippen molar-refractivity contribution in [3.63, 3.8) is 0 Å². The lowest BCUT2D eigenvalue weighted by Gasteiger charge is -2.41. The summed E-state index contributed by atoms with van der Waals surface area (Å²) in [5.74, 6) is 0.731. The zero-order valence-corrected chi connectivity index (χ0v) is 21.2. The molecule has 0 radical (unpaired) electrons. The number of ketones is 1. The lowest BCUT2D eigenvalue weighted by Crippen LogP contribution is -2.54. The fourth-order valence-electron chi connectivity index (χ4n) is 5.66. The summed E-state index contributed by atoms with van der Waals surface area (Å²) in [6, 6.07) is 10.9. The Morgan fingerprint density at radius 2 is 1.76 bits per heavy atom. The maximum Gasteiger partial charge on any atom is 0.300 e. The summed E-state index contributed by atoms with van der Waals surface area (Å²) in [5.41, 5.74) is 2.31. The van der Waals surface area contributed by atoms with E-state index in [1.54, 1.807) is 18.1 Å². The maximum atomic E-state index is 13.1. The van der Waals surface area contributed by atoms with Crippen LogP contribution < -0.4 is 19.1 Å². The molecule has 37 heavy (non-hydrogen) atoms. The fraction of sp³-hybridized carbons (Fsp3) is 0.393. The molecule has 2 aromatic rings. The minimum atomic E-state index is -0.649. The molecule has 0 spiro atoms. The van der Waals surface area contributed by atoms with Crippen LogP contribution in [-0.2, 0) is 9.59 Å². The minimum Gasteiger partial charge on any atom is -0.497 e. The predicted molar refractivity (Wildman–Crippen MR) is 136 cm³/mol. The molecule has 4 heterocycles. The highest BCUT2D eigenvalue weighted by Gasteiger charge is 2.47. The largest absolute Gasteiger partial charge is 0.497 e. The highest BCUT2D eigenvalue weighted by atomic mass is 16.6. The summed E-state index contributed by atoms with van der Waals surface area (Å²) < 4.78 is 17.1. The van der Waals surface area contributed by atoms with Gasteiger partial charge in [-0.05, 0) is 43.7 Å². The number of nitrogens with zero attached hydrogens (tertiary/aromatic N) is 3. The first-order valence-electron chi connectivity index (χ1n) is 12.5. The van der Waals surface area contributed by atoms with E-state index in [9.17, 15) is 14.4 Å². The van der Waals surface area contributed by atoms with E-state index >= 15 is 0 Å². The van der Waals surface area contributed by atoms with Gasteiger partial charge < -0.3 is 19.1 Å². The molecule has 0 unspecified atom stereocenters. The lowest BCUT2D eigenvalue weighted by molar-refractivity contribution is -0.142. The zero-order chi connectivity index (χ0) is 25.9. The molecule has 2 amide bonds. The average molecular weight is 504 g/mol. The molecule has 1 atom stereocenters. The van der Waals surface area contributed by atoms with E-state index in [1.165, 1.54) is 0 Å². The van der Waals surface area contributed by atoms with Gasteiger partial charge in [-0.2, -0.15) is 0 Å². The molecule has 0 aromatic heterocycles. The highest BCUT2D eigenvalue weighted by Crippen LogP contribution is 2.47. The molecule has 0 saturated carbocycles. The van der Waals surface area contributed by atoms with E-state index in [0.29, 0.717) is 61.2 Å². The Bertz CT molecular complexity index is 1340. The van der Waals surface area contributed by atoms with Gasteiger partial charge in [-0.1, -0.05) is 18.2 Å². The van der Waals surface area contributed by atoms with Crippen LogP contribution in [0.15, 0.2) is 42.5 Å². The zero-order valence-electron chi connectivity index (χ0n) is 21.2. The van der Waals surface area contributed by atoms with Crippen molar-refractivity contribution in [1.82, 2.24) is 9.80 Å². The van der Waals surface area contributed by atoms with E-state index < -0.39 is 23.3 Å². The van der Waals surface area contributed by atoms with Crippen LogP contribution in [0, 0.1) is 0 Å². The molecular formula is C28H29N3O6. The first kappa shape index (κ1) is 23.5. The van der Waals surface area contributed by atoms with Crippen molar-refractivity contribution in [2.75, 3.05) is 51.3 Å². The molecule has 0 bridgehead atoms. The van der Waals surface area contributed by atoms with Crippen LogP contribution in [0.5, 0.6) is 17.2 Å². The second-order valence-electron chi connectivity index (χ2n) is 10.3. The number of rotatable bonds is 4. The number of ether oxygens (including phenoxy) is 3. The van der Waals surface area contributed by atoms with Crippen molar-refractivity contribution in [2.24, 2.45) is 0 Å². The number of piperazine rings is 1. The van der Waals surface area contributed by atoms with Crippen LogP contribution >= 0.6 is 0 Å². The molecule has 1 saturated heterocycles. The smallest absolute Gasteiger partial charge is 0.300 e. The second-order valence-corrected chi connectivity index (χ2v) is 10.3. The van der Waals surface area contributed by atoms with Gasteiger partial charge in [0.15, 0.2) is 11.5 Å². The third-order valence-electron chi connectivity index (χ3n) is 7.50. The van der Waals surface area contributed by atoms with Gasteiger partial charge in [-0.15, -0.1) is 0 Å². The summed E-state index contributed by atoms with van der Waals surface area (Å²) in [6.07, 6.45) is 1.42. The Morgan fingerprint density at radius 3 is 2.49 bits per heavy atom. The van der Waals surface area contributed by atoms with Gasteiger partial charge in [-0.25, -0.2) is 0 Å². The Balaban J connectivity index is 1.17. The molecule has 1 fully saturated rings. The van der Waals surface area contributed by atoms with E-state index in [0.717, 1.165) is 11.1 Å². The standard InChI is InChI=1S/C28H29N3O6/c1-28(2)14-17(19-12-18(35-3)13-20-24(19)31(28)27(34)25(20)32)15-29-8-10-30(11-9-29)26(33)23-16-36-21-6-4-5-7-22(21)37-23/h4-7,12-14,23H,8-11,15-16H2,1-3H3/t23-/m1/s1. The molecular weight excluding hydrogens is 474 g/mol. The number of benzene rings is 2. The number of Topliss-reactive ketones (excluding diaryl/α,β-unsaturated/α-hetero) is 1. The number of para-hydroxylation sites is 2. The normalized spacial score (nSPS) is 22.0. The molecule has 9 nitrogen and oxygen atoms in total. The van der Waals surface area contributed by atoms with Gasteiger partial charge in [0.25, 0.3) is 17.6 Å². The summed E-state index contributed by atoms with van der Waals surface area (Å²) in [4.78, 5) is 44.4. The van der Waals surface area contributed by atoms with Crippen LogP contribution in [0.3, 0.4) is 0 Å². The van der Waals surface area contributed by atoms with Crippen LogP contribution in [0.4, 0.5) is 5.69 Å². The van der Waals surface area contributed by atoms with Gasteiger partial charge >= 0.3 is 0 Å². The first-order chi connectivity index (χ1) is 17.8. The summed E-state index contributed by atoms with van der Waals surface area (Å²) in [6.45, 7) is 7.28. The van der Waals surface area contributed by atoms with Crippen molar-refractivity contribution < 1.29 is 28.6 Å². The van der Waals surface area contributed by atoms with Crippen LogP contribution in [0.2, 0.25) is 0 Å². The summed E-state index contributed by atoms with van der Waals surface area (Å²) >= 11 is 0. The van der Waals surface area contributed by atoms with Gasteiger partial charge in [-0.3, -0.25) is 24.2 Å². The third kappa shape index (κ3) is 3.85. The van der Waals surface area contributed by atoms with E-state index in [-0.39, 0.29) is 12.5 Å². The third-order valence-corrected chi connectivity index (χ3v) is 7.50. The molecule has 6 rings (SSSR count). The predicted octanol–water partition coefficient (Wildman–Crippen LogP) is 2.38. The molecule has 2 aromatic carbocycles. The van der Waals surface area contributed by atoms with Gasteiger partial charge in [0.05, 0.1) is 23.9 Å². The topological polar surface area (TPSA) is 88.6 Å². The van der Waals surface area contributed by atoms with Crippen molar-refractivity contribution in [2.45, 2.75) is 25.5 Å². The van der Waals surface area contributed by atoms with Gasteiger partial charge in [0, 0.05) is 38.3 Å². The van der Waals surface area contributed by atoms with Crippen molar-refractivity contribution in [1.29, 1.82) is 0 Å². The lowest BCUT2D eigenvalue weighted by atomic mass is 9.87. The van der Waals surface area contributed by atoms with Gasteiger partial charge in [0.1, 0.15) is 12.4 Å². The average Bonchev–Trinajstić information content (AvgIpc) is 3.17. The number of carbonyl (C=O) groups is 3. The number of fused-ring (bicyclic) bond motifs is 1. The maximum absolute atomic E-state index is 13.1. The second kappa shape index (κ2) is 8.62. The van der Waals surface area contributed by atoms with E-state index in [4.69, 9.17) is 14.2 Å². The highest BCUT2D eigenvalue weighted by molar-refractivity contribution is 6.53. The number of amides is 2. The number of hydrogen-bond donors (Lipinski definition) is 0. The molecule has 192 valence electrons. The first-order valence-corrected chi connectivity index (χ1v) is 12.5. The summed E-state index contributed by atoms with van der Waals surface area (Å²) in [5, 5.41) is 0. The quantitative estimate of drug-likeness (QED) is 0.592. The molecule has 4 aliphatic rings.